The molecule has 0 spiro atoms. The molecule has 1 fully saturated rings. The Morgan fingerprint density at radius 2 is 2.28 bits per heavy atom. The van der Waals surface area contributed by atoms with Crippen LogP contribution in [0.4, 0.5) is 10.6 Å². The fourth-order valence-corrected chi connectivity index (χ4v) is 3.06. The van der Waals surface area contributed by atoms with Crippen LogP contribution in [0.1, 0.15) is 24.4 Å². The molecule has 2 heterocycles. The van der Waals surface area contributed by atoms with E-state index in [9.17, 15) is 4.79 Å². The lowest BCUT2D eigenvalue weighted by Gasteiger charge is -2.25. The number of nitrogens with one attached hydrogen (secondary N) is 2. The minimum Gasteiger partial charge on any atom is -0.497 e. The Morgan fingerprint density at radius 3 is 3.08 bits per heavy atom. The highest BCUT2D eigenvalue weighted by Crippen LogP contribution is 2.33. The SMILES string of the molecule is COc1cccc(C2CCCN2C(=O)NCCNc2cnccn2)c1. The van der Waals surface area contributed by atoms with Gasteiger partial charge in [-0.1, -0.05) is 12.1 Å². The van der Waals surface area contributed by atoms with Crippen LogP contribution in [0, 0.1) is 0 Å². The monoisotopic (exact) mass is 341 g/mol. The van der Waals surface area contributed by atoms with Crippen LogP contribution in [-0.2, 0) is 0 Å². The number of hydrogen-bond donors (Lipinski definition) is 2. The molecule has 0 bridgehead atoms. The molecule has 1 aliphatic rings. The number of aromatic nitrogens is 2. The van der Waals surface area contributed by atoms with Crippen molar-refractivity contribution in [2.24, 2.45) is 0 Å². The van der Waals surface area contributed by atoms with Crippen molar-refractivity contribution in [1.82, 2.24) is 20.2 Å². The van der Waals surface area contributed by atoms with E-state index in [4.69, 9.17) is 4.74 Å². The van der Waals surface area contributed by atoms with E-state index < -0.39 is 0 Å². The maximum Gasteiger partial charge on any atom is 0.317 e. The first-order valence-corrected chi connectivity index (χ1v) is 8.46. The first-order chi connectivity index (χ1) is 12.3. The zero-order valence-electron chi connectivity index (χ0n) is 14.3. The highest BCUT2D eigenvalue weighted by molar-refractivity contribution is 5.75. The summed E-state index contributed by atoms with van der Waals surface area (Å²) < 4.78 is 5.29. The smallest absolute Gasteiger partial charge is 0.317 e. The van der Waals surface area contributed by atoms with Crippen molar-refractivity contribution in [2.45, 2.75) is 18.9 Å². The number of likely N-dealkylation sites (tertiary alicyclic amines) is 1. The second kappa shape index (κ2) is 8.32. The van der Waals surface area contributed by atoms with E-state index in [-0.39, 0.29) is 12.1 Å². The maximum atomic E-state index is 12.5. The van der Waals surface area contributed by atoms with Crippen molar-refractivity contribution in [1.29, 1.82) is 0 Å². The first kappa shape index (κ1) is 17.0. The third kappa shape index (κ3) is 4.37. The summed E-state index contributed by atoms with van der Waals surface area (Å²) in [6.45, 7) is 1.89. The first-order valence-electron chi connectivity index (χ1n) is 8.46. The Balaban J connectivity index is 1.52. The fraction of sp³-hybridized carbons (Fsp3) is 0.389. The summed E-state index contributed by atoms with van der Waals surface area (Å²) in [6, 6.07) is 8.00. The average molecular weight is 341 g/mol. The molecule has 3 rings (SSSR count). The Kier molecular flexibility index (Phi) is 5.66. The predicted octanol–water partition coefficient (Wildman–Crippen LogP) is 2.44. The van der Waals surface area contributed by atoms with Crippen LogP contribution >= 0.6 is 0 Å². The maximum absolute atomic E-state index is 12.5. The van der Waals surface area contributed by atoms with Crippen LogP contribution in [0.25, 0.3) is 0 Å². The van der Waals surface area contributed by atoms with Crippen LogP contribution in [0.3, 0.4) is 0 Å². The molecule has 1 atom stereocenters. The number of anilines is 1. The van der Waals surface area contributed by atoms with Crippen molar-refractivity contribution < 1.29 is 9.53 Å². The van der Waals surface area contributed by atoms with Gasteiger partial charge in [-0.25, -0.2) is 9.78 Å². The van der Waals surface area contributed by atoms with Gasteiger partial charge in [0.2, 0.25) is 0 Å². The largest absolute Gasteiger partial charge is 0.497 e. The topological polar surface area (TPSA) is 79.4 Å². The molecule has 1 aromatic heterocycles. The number of nitrogens with zero attached hydrogens (tertiary/aromatic N) is 3. The number of benzene rings is 1. The van der Waals surface area contributed by atoms with Gasteiger partial charge < -0.3 is 20.3 Å². The van der Waals surface area contributed by atoms with Crippen LogP contribution in [0.2, 0.25) is 0 Å². The molecule has 132 valence electrons. The van der Waals surface area contributed by atoms with Crippen LogP contribution < -0.4 is 15.4 Å². The number of hydrogen-bond acceptors (Lipinski definition) is 5. The Labute approximate surface area is 147 Å². The molecule has 1 unspecified atom stereocenters. The Hall–Kier alpha value is -2.83. The summed E-state index contributed by atoms with van der Waals surface area (Å²) in [5, 5.41) is 6.09. The zero-order chi connectivity index (χ0) is 17.5. The standard InChI is InChI=1S/C18H23N5O2/c1-25-15-5-2-4-14(12-15)16-6-3-11-23(16)18(24)22-10-9-21-17-13-19-7-8-20-17/h2,4-5,7-8,12-13,16H,3,6,9-11H2,1H3,(H,20,21)(H,22,24). The van der Waals surface area contributed by atoms with Gasteiger partial charge in [0.25, 0.3) is 0 Å². The Morgan fingerprint density at radius 1 is 1.36 bits per heavy atom. The van der Waals surface area contributed by atoms with E-state index in [1.807, 2.05) is 23.1 Å². The van der Waals surface area contributed by atoms with Gasteiger partial charge in [-0.2, -0.15) is 0 Å². The van der Waals surface area contributed by atoms with Crippen LogP contribution in [0.5, 0.6) is 5.75 Å². The van der Waals surface area contributed by atoms with E-state index in [1.54, 1.807) is 25.7 Å². The van der Waals surface area contributed by atoms with Crippen molar-refractivity contribution in [3.8, 4) is 5.75 Å². The van der Waals surface area contributed by atoms with E-state index in [0.717, 1.165) is 30.7 Å². The summed E-state index contributed by atoms with van der Waals surface area (Å²) in [5.41, 5.74) is 1.12. The molecule has 7 heteroatoms. The molecule has 0 radical (unpaired) electrons. The lowest BCUT2D eigenvalue weighted by Crippen LogP contribution is -2.41. The average Bonchev–Trinajstić information content (AvgIpc) is 3.16. The zero-order valence-corrected chi connectivity index (χ0v) is 14.3. The number of methoxy groups -OCH3 is 1. The molecule has 1 aliphatic heterocycles. The minimum atomic E-state index is -0.0359. The van der Waals surface area contributed by atoms with E-state index in [1.165, 1.54) is 0 Å². The summed E-state index contributed by atoms with van der Waals surface area (Å²) in [6.07, 6.45) is 6.88. The van der Waals surface area contributed by atoms with Crippen LogP contribution in [-0.4, -0.2) is 47.6 Å². The van der Waals surface area contributed by atoms with Gasteiger partial charge in [0.05, 0.1) is 19.3 Å². The third-order valence-electron chi connectivity index (χ3n) is 4.26. The van der Waals surface area contributed by atoms with E-state index >= 15 is 0 Å². The molecule has 2 aromatic rings. The lowest BCUT2D eigenvalue weighted by atomic mass is 10.0. The number of ether oxygens (including phenoxy) is 1. The number of urea groups is 1. The minimum absolute atomic E-state index is 0.0359. The molecular weight excluding hydrogens is 318 g/mol. The molecule has 0 saturated carbocycles. The van der Waals surface area contributed by atoms with Crippen molar-refractivity contribution >= 4 is 11.8 Å². The van der Waals surface area contributed by atoms with E-state index in [2.05, 4.69) is 26.7 Å². The molecule has 1 saturated heterocycles. The molecular formula is C18H23N5O2. The van der Waals surface area contributed by atoms with Gasteiger partial charge in [0.1, 0.15) is 11.6 Å². The highest BCUT2D eigenvalue weighted by Gasteiger charge is 2.29. The quantitative estimate of drug-likeness (QED) is 0.789. The normalized spacial score (nSPS) is 16.5. The van der Waals surface area contributed by atoms with Gasteiger partial charge in [-0.05, 0) is 30.5 Å². The molecule has 2 amide bonds. The van der Waals surface area contributed by atoms with Crippen molar-refractivity contribution in [2.75, 3.05) is 32.1 Å². The van der Waals surface area contributed by atoms with Crippen molar-refractivity contribution in [3.63, 3.8) is 0 Å². The molecule has 0 aliphatic carbocycles. The van der Waals surface area contributed by atoms with Gasteiger partial charge >= 0.3 is 6.03 Å². The highest BCUT2D eigenvalue weighted by atomic mass is 16.5. The van der Waals surface area contributed by atoms with Gasteiger partial charge in [0.15, 0.2) is 0 Å². The second-order valence-corrected chi connectivity index (χ2v) is 5.88. The third-order valence-corrected chi connectivity index (χ3v) is 4.26. The summed E-state index contributed by atoms with van der Waals surface area (Å²) in [7, 11) is 1.66. The summed E-state index contributed by atoms with van der Waals surface area (Å²) >= 11 is 0. The Bertz CT molecular complexity index is 695. The second-order valence-electron chi connectivity index (χ2n) is 5.88. The number of rotatable bonds is 6. The molecule has 2 N–H and O–H groups in total. The van der Waals surface area contributed by atoms with Crippen LogP contribution in [0.15, 0.2) is 42.9 Å². The predicted molar refractivity (Wildman–Crippen MR) is 95.6 cm³/mol. The number of carbonyl (C=O) groups excluding carboxylic acids is 1. The van der Waals surface area contributed by atoms with Gasteiger partial charge in [-0.15, -0.1) is 0 Å². The van der Waals surface area contributed by atoms with E-state index in [0.29, 0.717) is 18.9 Å². The number of amides is 2. The molecule has 25 heavy (non-hydrogen) atoms. The number of carbonyl (C=O) groups is 1. The summed E-state index contributed by atoms with van der Waals surface area (Å²) in [4.78, 5) is 22.5. The lowest BCUT2D eigenvalue weighted by molar-refractivity contribution is 0.193. The fourth-order valence-electron chi connectivity index (χ4n) is 3.06. The summed E-state index contributed by atoms with van der Waals surface area (Å²) in [5.74, 6) is 1.52. The molecule has 7 nitrogen and oxygen atoms in total. The van der Waals surface area contributed by atoms with Gasteiger partial charge in [-0.3, -0.25) is 4.98 Å². The van der Waals surface area contributed by atoms with Crippen molar-refractivity contribution in [3.05, 3.63) is 48.4 Å². The molecule has 1 aromatic carbocycles. The van der Waals surface area contributed by atoms with Gasteiger partial charge in [0, 0.05) is 32.0 Å².